The number of hydrogen-bond acceptors (Lipinski definition) is 6. The molecule has 2 radical (unpaired) electrons. The number of benzene rings is 2. The minimum absolute atomic E-state index is 0. The van der Waals surface area contributed by atoms with E-state index < -0.39 is 20.8 Å². The molecular weight excluding hydrogens is 599 g/mol. The van der Waals surface area contributed by atoms with Crippen LogP contribution in [0.25, 0.3) is 21.8 Å². The van der Waals surface area contributed by atoms with Gasteiger partial charge in [0.05, 0.1) is 11.0 Å². The number of aromatic nitrogens is 2. The first-order valence-electron chi connectivity index (χ1n) is 7.37. The largest absolute Gasteiger partial charge is 2.00 e. The molecule has 0 amide bonds. The van der Waals surface area contributed by atoms with Crippen LogP contribution in [0.4, 0.5) is 0 Å². The van der Waals surface area contributed by atoms with Gasteiger partial charge in [0, 0.05) is 33.1 Å². The van der Waals surface area contributed by atoms with E-state index in [0.29, 0.717) is 0 Å². The van der Waals surface area contributed by atoms with Crippen LogP contribution in [-0.2, 0) is 10.1 Å². The van der Waals surface area contributed by atoms with Crippen molar-refractivity contribution in [2.45, 2.75) is 4.90 Å². The van der Waals surface area contributed by atoms with E-state index in [1.165, 1.54) is 6.07 Å². The summed E-state index contributed by atoms with van der Waals surface area (Å²) in [6.45, 7) is 0. The molecule has 0 aliphatic rings. The van der Waals surface area contributed by atoms with E-state index in [-0.39, 0.29) is 37.8 Å². The smallest absolute Gasteiger partial charge is 0.872 e. The van der Waals surface area contributed by atoms with Gasteiger partial charge in [-0.25, -0.2) is 8.42 Å². The molecule has 0 saturated heterocycles. The maximum atomic E-state index is 10.8. The molecule has 2 aromatic heterocycles. The van der Waals surface area contributed by atoms with E-state index in [4.69, 9.17) is 11.6 Å². The molecule has 0 unspecified atom stereocenters. The summed E-state index contributed by atoms with van der Waals surface area (Å²) in [5, 5.41) is 13.1. The summed E-state index contributed by atoms with van der Waals surface area (Å²) in [4.78, 5) is 7.88. The third-order valence-electron chi connectivity index (χ3n) is 3.52. The maximum absolute atomic E-state index is 10.8. The van der Waals surface area contributed by atoms with E-state index >= 15 is 0 Å². The second-order valence-corrected chi connectivity index (χ2v) is 7.05. The maximum Gasteiger partial charge on any atom is 2.00 e. The topological polar surface area (TPSA) is 138 Å². The normalized spacial score (nSPS) is 10.4. The Kier molecular flexibility index (Phi) is 8.70. The van der Waals surface area contributed by atoms with Crippen LogP contribution in [0.15, 0.2) is 71.9 Å². The van der Waals surface area contributed by atoms with Crippen LogP contribution in [0.1, 0.15) is 0 Å². The van der Waals surface area contributed by atoms with Crippen molar-refractivity contribution in [3.8, 4) is 5.75 Å². The van der Waals surface area contributed by atoms with Crippen molar-refractivity contribution in [2.24, 2.45) is 0 Å². The molecule has 2 N–H and O–H groups in total. The molecule has 0 spiro atoms. The second kappa shape index (κ2) is 10.1. The fourth-order valence-corrected chi connectivity index (χ4v) is 3.18. The van der Waals surface area contributed by atoms with Gasteiger partial charge >= 0.3 is 27.3 Å². The molecular formula is C18H13ClN2O5PbS. The van der Waals surface area contributed by atoms with Crippen molar-refractivity contribution in [3.05, 3.63) is 72.0 Å². The molecule has 2 aromatic carbocycles. The summed E-state index contributed by atoms with van der Waals surface area (Å²) in [7, 11) is -4.70. The van der Waals surface area contributed by atoms with Gasteiger partial charge in [0.2, 0.25) is 0 Å². The standard InChI is InChI=1S/C12H8N2.C6H5ClO4S.H2O.Pb/c1-3-9-5-6-10-4-2-8-14-12(10)11(9)13-7-1;7-4-1-2-5(8)6(3-4)12(9,10)11;;/h1-8H;1-3,8H,(H,9,10,11);1H2;/q;;;+2/p-2. The SMILES string of the molecule is O.O=S(=O)([O-])c1cc(Cl)ccc1[O-].[Pb+2].c1cnc2c(c1)ccc1cccnc12. The van der Waals surface area contributed by atoms with E-state index in [1.807, 2.05) is 12.1 Å². The Labute approximate surface area is 186 Å². The van der Waals surface area contributed by atoms with Gasteiger partial charge in [0.15, 0.2) is 0 Å². The van der Waals surface area contributed by atoms with Crippen LogP contribution in [0.3, 0.4) is 0 Å². The summed E-state index contributed by atoms with van der Waals surface area (Å²) in [5.41, 5.74) is 1.95. The van der Waals surface area contributed by atoms with Crippen LogP contribution in [0.2, 0.25) is 5.02 Å². The molecule has 2 heterocycles. The molecule has 7 nitrogen and oxygen atoms in total. The van der Waals surface area contributed by atoms with Crippen LogP contribution >= 0.6 is 11.6 Å². The number of pyridine rings is 2. The Morgan fingerprint density at radius 2 is 1.36 bits per heavy atom. The number of nitrogens with zero attached hydrogens (tertiary/aromatic N) is 2. The zero-order chi connectivity index (χ0) is 18.7. The molecule has 10 heteroatoms. The Bertz CT molecular complexity index is 1150. The molecule has 4 rings (SSSR count). The van der Waals surface area contributed by atoms with Gasteiger partial charge in [0.1, 0.15) is 10.1 Å². The Morgan fingerprint density at radius 3 is 1.79 bits per heavy atom. The number of hydrogen-bond donors (Lipinski definition) is 0. The minimum Gasteiger partial charge on any atom is -0.872 e. The first kappa shape index (κ1) is 24.2. The van der Waals surface area contributed by atoms with Gasteiger partial charge in [-0.1, -0.05) is 47.7 Å². The molecule has 0 atom stereocenters. The molecule has 0 fully saturated rings. The van der Waals surface area contributed by atoms with Crippen molar-refractivity contribution in [1.29, 1.82) is 0 Å². The molecule has 0 aliphatic heterocycles. The van der Waals surface area contributed by atoms with Gasteiger partial charge in [-0.15, -0.1) is 0 Å². The van der Waals surface area contributed by atoms with Crippen molar-refractivity contribution >= 4 is 70.8 Å². The van der Waals surface area contributed by atoms with Crippen LogP contribution in [0, 0.1) is 0 Å². The van der Waals surface area contributed by atoms with Gasteiger partial charge in [-0.2, -0.15) is 0 Å². The van der Waals surface area contributed by atoms with Crippen molar-refractivity contribution < 1.29 is 23.6 Å². The number of halogens is 1. The molecule has 0 bridgehead atoms. The van der Waals surface area contributed by atoms with E-state index in [9.17, 15) is 18.1 Å². The zero-order valence-corrected chi connectivity index (χ0v) is 19.6. The summed E-state index contributed by atoms with van der Waals surface area (Å²) >= 11 is 5.38. The van der Waals surface area contributed by atoms with Gasteiger partial charge in [0.25, 0.3) is 0 Å². The predicted octanol–water partition coefficient (Wildman–Crippen LogP) is 1.90. The van der Waals surface area contributed by atoms with E-state index in [0.717, 1.165) is 33.9 Å². The molecule has 0 saturated carbocycles. The van der Waals surface area contributed by atoms with Crippen LogP contribution in [0.5, 0.6) is 5.75 Å². The fraction of sp³-hybridized carbons (Fsp3) is 0. The summed E-state index contributed by atoms with van der Waals surface area (Å²) in [6.07, 6.45) is 3.60. The van der Waals surface area contributed by atoms with Crippen molar-refractivity contribution in [1.82, 2.24) is 9.97 Å². The zero-order valence-electron chi connectivity index (χ0n) is 14.2. The Balaban J connectivity index is 0.000000265. The molecule has 4 aromatic rings. The van der Waals surface area contributed by atoms with E-state index in [1.54, 1.807) is 12.4 Å². The van der Waals surface area contributed by atoms with Crippen molar-refractivity contribution in [2.75, 3.05) is 0 Å². The van der Waals surface area contributed by atoms with Gasteiger partial charge < -0.3 is 15.1 Å². The number of fused-ring (bicyclic) bond motifs is 3. The molecule has 0 aliphatic carbocycles. The molecule has 142 valence electrons. The van der Waals surface area contributed by atoms with Crippen LogP contribution < -0.4 is 5.11 Å². The quantitative estimate of drug-likeness (QED) is 0.183. The minimum atomic E-state index is -4.70. The predicted molar refractivity (Wildman–Crippen MR) is 105 cm³/mol. The van der Waals surface area contributed by atoms with Crippen LogP contribution in [-0.4, -0.2) is 55.7 Å². The average molecular weight is 612 g/mol. The fourth-order valence-electron chi connectivity index (χ4n) is 2.36. The summed E-state index contributed by atoms with van der Waals surface area (Å²) in [6, 6.07) is 15.1. The first-order valence-corrected chi connectivity index (χ1v) is 9.16. The third-order valence-corrected chi connectivity index (χ3v) is 4.61. The Morgan fingerprint density at radius 1 is 0.857 bits per heavy atom. The third kappa shape index (κ3) is 5.58. The first-order chi connectivity index (χ1) is 12.4. The van der Waals surface area contributed by atoms with Gasteiger partial charge in [-0.05, 0) is 24.3 Å². The van der Waals surface area contributed by atoms with Gasteiger partial charge in [-0.3, -0.25) is 9.97 Å². The van der Waals surface area contributed by atoms with E-state index in [2.05, 4.69) is 34.2 Å². The summed E-state index contributed by atoms with van der Waals surface area (Å²) in [5.74, 6) is -0.839. The monoisotopic (exact) mass is 612 g/mol. The second-order valence-electron chi connectivity index (χ2n) is 5.26. The van der Waals surface area contributed by atoms with Crippen molar-refractivity contribution in [3.63, 3.8) is 0 Å². The number of rotatable bonds is 1. The average Bonchev–Trinajstić information content (AvgIpc) is 2.63. The Hall–Kier alpha value is -1.86. The summed E-state index contributed by atoms with van der Waals surface area (Å²) < 4.78 is 31.2. The molecule has 28 heavy (non-hydrogen) atoms.